The van der Waals surface area contributed by atoms with Crippen LogP contribution in [0.4, 0.5) is 9.59 Å². The average molecular weight is 1530 g/mol. The summed E-state index contributed by atoms with van der Waals surface area (Å²) >= 11 is 0. The summed E-state index contributed by atoms with van der Waals surface area (Å²) in [5, 5.41) is 17.0. The number of carbonyl (C=O) groups excluding carboxylic acids is 8. The van der Waals surface area contributed by atoms with Gasteiger partial charge in [0.25, 0.3) is 0 Å². The van der Waals surface area contributed by atoms with Gasteiger partial charge in [-0.25, -0.2) is 9.59 Å². The van der Waals surface area contributed by atoms with Crippen molar-refractivity contribution in [3.63, 3.8) is 0 Å². The maximum Gasteiger partial charge on any atom is 0.407 e. The molecule has 6 amide bonds. The first-order valence-electron chi connectivity index (χ1n) is 38.3. The van der Waals surface area contributed by atoms with Gasteiger partial charge in [-0.05, 0) is 73.6 Å². The highest BCUT2D eigenvalue weighted by Gasteiger charge is 2.24. The highest BCUT2D eigenvalue weighted by molar-refractivity contribution is 5.84. The second kappa shape index (κ2) is 66.8. The molecule has 2 atom stereocenters. The van der Waals surface area contributed by atoms with E-state index in [2.05, 4.69) is 31.9 Å². The second-order valence-electron chi connectivity index (χ2n) is 25.0. The SMILES string of the molecule is O=C(CCOCCOCCOCCOCCOCCC(=O)NCCCOCCOCCOCCCNC(=O)[C@H](CCCCNC(=O)OCc1ccccc1)CC(=O)OCc1ccccc1)NCCCOCCOCCOCCCNC(=O)[C@H](CCCCNC(=O)OCc1ccccc1)CC(=O)OCc1ccccc1. The molecular formula is C80H120N6O23. The molecule has 0 fully saturated rings. The number of rotatable bonds is 70. The van der Waals surface area contributed by atoms with Gasteiger partial charge in [0.2, 0.25) is 23.6 Å². The highest BCUT2D eigenvalue weighted by Crippen LogP contribution is 2.18. The van der Waals surface area contributed by atoms with Crippen LogP contribution in [0.5, 0.6) is 0 Å². The zero-order valence-electron chi connectivity index (χ0n) is 63.6. The van der Waals surface area contributed by atoms with Gasteiger partial charge in [0.15, 0.2) is 0 Å². The van der Waals surface area contributed by atoms with Gasteiger partial charge in [0.05, 0.1) is 132 Å². The molecule has 0 heterocycles. The molecule has 4 aromatic carbocycles. The molecule has 0 radical (unpaired) electrons. The van der Waals surface area contributed by atoms with Gasteiger partial charge >= 0.3 is 24.1 Å². The topological polar surface area (TPSA) is 347 Å². The molecule has 0 spiro atoms. The Hall–Kier alpha value is -8.20. The third kappa shape index (κ3) is 55.0. The van der Waals surface area contributed by atoms with E-state index in [9.17, 15) is 38.4 Å². The molecule has 0 aliphatic rings. The number of alkyl carbamates (subject to hydrolysis) is 2. The predicted molar refractivity (Wildman–Crippen MR) is 404 cm³/mol. The summed E-state index contributed by atoms with van der Waals surface area (Å²) in [6.07, 6.45) is 5.09. The van der Waals surface area contributed by atoms with Crippen LogP contribution in [-0.4, -0.2) is 232 Å². The van der Waals surface area contributed by atoms with Crippen LogP contribution in [0.15, 0.2) is 121 Å². The van der Waals surface area contributed by atoms with Crippen molar-refractivity contribution in [3.05, 3.63) is 144 Å². The van der Waals surface area contributed by atoms with Gasteiger partial charge in [0.1, 0.15) is 26.4 Å². The van der Waals surface area contributed by atoms with Crippen molar-refractivity contribution in [2.75, 3.05) is 185 Å². The molecule has 4 aromatic rings. The van der Waals surface area contributed by atoms with Crippen LogP contribution in [0, 0.1) is 11.8 Å². The van der Waals surface area contributed by atoms with E-state index in [1.54, 1.807) is 0 Å². The van der Waals surface area contributed by atoms with E-state index in [1.165, 1.54) is 0 Å². The number of ether oxygens (including phenoxy) is 15. The fraction of sp³-hybridized carbons (Fsp3) is 0.600. The Balaban J connectivity index is 0.819. The first-order chi connectivity index (χ1) is 53.5. The smallest absolute Gasteiger partial charge is 0.407 e. The van der Waals surface area contributed by atoms with Gasteiger partial charge in [-0.15, -0.1) is 0 Å². The normalized spacial score (nSPS) is 11.6. The van der Waals surface area contributed by atoms with Crippen LogP contribution in [0.25, 0.3) is 0 Å². The molecule has 0 bridgehead atoms. The first-order valence-corrected chi connectivity index (χ1v) is 38.3. The van der Waals surface area contributed by atoms with E-state index in [-0.39, 0.29) is 89.0 Å². The molecule has 29 nitrogen and oxygen atoms in total. The molecule has 0 aromatic heterocycles. The summed E-state index contributed by atoms with van der Waals surface area (Å²) in [5.41, 5.74) is 3.50. The molecule has 4 rings (SSSR count). The molecule has 608 valence electrons. The lowest BCUT2D eigenvalue weighted by atomic mass is 9.97. The Labute approximate surface area is 642 Å². The minimum absolute atomic E-state index is 0.0581. The lowest BCUT2D eigenvalue weighted by Crippen LogP contribution is -2.33. The van der Waals surface area contributed by atoms with Crippen molar-refractivity contribution < 1.29 is 109 Å². The van der Waals surface area contributed by atoms with Gasteiger partial charge in [0, 0.05) is 90.4 Å². The number of hydrogen-bond acceptors (Lipinski definition) is 23. The number of esters is 2. The Bertz CT molecular complexity index is 2760. The maximum atomic E-state index is 13.2. The number of carbonyl (C=O) groups is 8. The quantitative estimate of drug-likeness (QED) is 0.0140. The molecule has 0 saturated heterocycles. The Morgan fingerprint density at radius 3 is 0.771 bits per heavy atom. The van der Waals surface area contributed by atoms with Crippen LogP contribution in [-0.2, 0) is 126 Å². The summed E-state index contributed by atoms with van der Waals surface area (Å²) < 4.78 is 82.7. The predicted octanol–water partition coefficient (Wildman–Crippen LogP) is 7.67. The number of nitrogens with one attached hydrogen (secondary N) is 6. The Kier molecular flexibility index (Phi) is 57.1. The van der Waals surface area contributed by atoms with Gasteiger partial charge in [-0.2, -0.15) is 0 Å². The zero-order chi connectivity index (χ0) is 77.6. The van der Waals surface area contributed by atoms with E-state index in [0.29, 0.717) is 236 Å². The maximum absolute atomic E-state index is 13.2. The van der Waals surface area contributed by atoms with Crippen molar-refractivity contribution in [3.8, 4) is 0 Å². The van der Waals surface area contributed by atoms with E-state index in [0.717, 1.165) is 22.3 Å². The summed E-state index contributed by atoms with van der Waals surface area (Å²) in [6.45, 7) is 11.6. The number of hydrogen-bond donors (Lipinski definition) is 6. The standard InChI is InChI=1S/C80H120N6O23/c87-73(81-35-17-39-95-45-51-101-53-47-97-41-19-37-83-77(91)71(61-75(89)106-63-67-21-5-1-6-22-67)29-13-15-33-85-79(93)108-65-69-25-9-3-10-26-69)31-43-99-49-55-103-57-59-105-60-58-104-56-50-100-44-32-74(88)82-36-18-40-96-46-52-102-54-48-98-42-20-38-84-78(92)72(62-76(90)107-64-68-23-7-2-8-24-68)30-14-16-34-86-80(94)109-66-70-27-11-4-12-28-70/h1-12,21-28,71-72H,13-20,29-66H2,(H,81,87)(H,82,88)(H,83,91)(H,84,92)(H,85,93)(H,86,94)/t71-,72-/m1/s1. The molecule has 0 unspecified atom stereocenters. The molecular weight excluding hydrogens is 1410 g/mol. The highest BCUT2D eigenvalue weighted by atomic mass is 16.6. The van der Waals surface area contributed by atoms with Crippen LogP contribution in [0.1, 0.15) is 112 Å². The van der Waals surface area contributed by atoms with E-state index >= 15 is 0 Å². The molecule has 29 heteroatoms. The molecule has 0 aliphatic heterocycles. The van der Waals surface area contributed by atoms with E-state index < -0.39 is 36.0 Å². The van der Waals surface area contributed by atoms with Crippen LogP contribution in [0.2, 0.25) is 0 Å². The van der Waals surface area contributed by atoms with Crippen LogP contribution in [0.3, 0.4) is 0 Å². The molecule has 109 heavy (non-hydrogen) atoms. The minimum atomic E-state index is -0.588. The number of amides is 6. The van der Waals surface area contributed by atoms with Crippen molar-refractivity contribution in [1.29, 1.82) is 0 Å². The summed E-state index contributed by atoms with van der Waals surface area (Å²) in [4.78, 5) is 100. The van der Waals surface area contributed by atoms with Crippen molar-refractivity contribution in [1.82, 2.24) is 31.9 Å². The van der Waals surface area contributed by atoms with Gasteiger partial charge in [-0.3, -0.25) is 28.8 Å². The van der Waals surface area contributed by atoms with Crippen molar-refractivity contribution in [2.45, 2.75) is 116 Å². The van der Waals surface area contributed by atoms with Crippen molar-refractivity contribution >= 4 is 47.8 Å². The molecule has 0 saturated carbocycles. The largest absolute Gasteiger partial charge is 0.461 e. The van der Waals surface area contributed by atoms with E-state index in [4.69, 9.17) is 71.1 Å². The fourth-order valence-corrected chi connectivity index (χ4v) is 10.0. The van der Waals surface area contributed by atoms with Crippen LogP contribution < -0.4 is 31.9 Å². The monoisotopic (exact) mass is 1530 g/mol. The lowest BCUT2D eigenvalue weighted by Gasteiger charge is -2.17. The summed E-state index contributed by atoms with van der Waals surface area (Å²) in [6, 6.07) is 37.5. The number of unbranched alkanes of at least 4 members (excludes halogenated alkanes) is 2. The molecule has 6 N–H and O–H groups in total. The van der Waals surface area contributed by atoms with Crippen LogP contribution >= 0.6 is 0 Å². The third-order valence-electron chi connectivity index (χ3n) is 16.0. The number of benzene rings is 4. The minimum Gasteiger partial charge on any atom is -0.461 e. The second-order valence-corrected chi connectivity index (χ2v) is 25.0. The average Bonchev–Trinajstić information content (AvgIpc) is 0.929. The van der Waals surface area contributed by atoms with Gasteiger partial charge < -0.3 is 103 Å². The van der Waals surface area contributed by atoms with Crippen molar-refractivity contribution in [2.24, 2.45) is 11.8 Å². The van der Waals surface area contributed by atoms with Gasteiger partial charge in [-0.1, -0.05) is 134 Å². The fourth-order valence-electron chi connectivity index (χ4n) is 10.0. The molecule has 0 aliphatic carbocycles. The third-order valence-corrected chi connectivity index (χ3v) is 16.0. The first kappa shape index (κ1) is 93.2. The Morgan fingerprint density at radius 1 is 0.248 bits per heavy atom. The van der Waals surface area contributed by atoms with E-state index in [1.807, 2.05) is 121 Å². The zero-order valence-corrected chi connectivity index (χ0v) is 63.6. The lowest BCUT2D eigenvalue weighted by molar-refractivity contribution is -0.148. The summed E-state index contributed by atoms with van der Waals surface area (Å²) in [7, 11) is 0. The summed E-state index contributed by atoms with van der Waals surface area (Å²) in [5.74, 6) is -2.77. The Morgan fingerprint density at radius 2 is 0.486 bits per heavy atom.